The molecule has 0 unspecified atom stereocenters. The summed E-state index contributed by atoms with van der Waals surface area (Å²) in [5.74, 6) is 1.95. The van der Waals surface area contributed by atoms with Gasteiger partial charge in [0.05, 0.1) is 66.7 Å². The van der Waals surface area contributed by atoms with E-state index in [0.717, 1.165) is 77.0 Å². The van der Waals surface area contributed by atoms with Gasteiger partial charge in [-0.3, -0.25) is 44.2 Å². The Balaban J connectivity index is 0.000000187. The Hall–Kier alpha value is -8.55. The highest BCUT2D eigenvalue weighted by atomic mass is 16.6. The molecule has 9 rings (SSSR count). The monoisotopic (exact) mass is 1170 g/mol. The Morgan fingerprint density at radius 2 is 0.906 bits per heavy atom. The van der Waals surface area contributed by atoms with Gasteiger partial charge in [-0.05, 0) is 162 Å². The van der Waals surface area contributed by atoms with Crippen molar-refractivity contribution in [2.24, 2.45) is 0 Å². The van der Waals surface area contributed by atoms with Gasteiger partial charge in [-0.2, -0.15) is 0 Å². The van der Waals surface area contributed by atoms with E-state index >= 15 is 0 Å². The number of anilines is 5. The first kappa shape index (κ1) is 65.6. The average Bonchev–Trinajstić information content (AvgIpc) is 3.96. The van der Waals surface area contributed by atoms with E-state index in [1.165, 1.54) is 31.9 Å². The average molecular weight is 1170 g/mol. The van der Waals surface area contributed by atoms with Crippen LogP contribution in [0.4, 0.5) is 39.8 Å². The molecule has 5 aromatic carbocycles. The predicted molar refractivity (Wildman–Crippen MR) is 331 cm³/mol. The van der Waals surface area contributed by atoms with E-state index in [0.29, 0.717) is 79.8 Å². The van der Waals surface area contributed by atoms with E-state index in [-0.39, 0.29) is 75.8 Å². The number of aryl methyl sites for hydroxylation is 4. The van der Waals surface area contributed by atoms with Crippen LogP contribution in [0.3, 0.4) is 0 Å². The molecule has 0 atom stereocenters. The van der Waals surface area contributed by atoms with Crippen LogP contribution in [0, 0.1) is 20.2 Å². The van der Waals surface area contributed by atoms with Gasteiger partial charge in [-0.1, -0.05) is 32.9 Å². The summed E-state index contributed by atoms with van der Waals surface area (Å²) < 4.78 is 20.9. The molecule has 4 aliphatic rings. The molecule has 3 aliphatic heterocycles. The highest BCUT2D eigenvalue weighted by molar-refractivity contribution is 6.06. The van der Waals surface area contributed by atoms with Crippen LogP contribution in [0.1, 0.15) is 157 Å². The van der Waals surface area contributed by atoms with Crippen LogP contribution >= 0.6 is 0 Å². The van der Waals surface area contributed by atoms with Crippen LogP contribution in [0.25, 0.3) is 0 Å². The van der Waals surface area contributed by atoms with Crippen molar-refractivity contribution in [3.63, 3.8) is 0 Å². The summed E-state index contributed by atoms with van der Waals surface area (Å²) in [4.78, 5) is 87.7. The highest BCUT2D eigenvalue weighted by Gasteiger charge is 2.31. The third-order valence-electron chi connectivity index (χ3n) is 15.3. The van der Waals surface area contributed by atoms with Gasteiger partial charge in [-0.15, -0.1) is 0 Å². The van der Waals surface area contributed by atoms with Crippen LogP contribution in [0.15, 0.2) is 72.8 Å². The number of carbonyl (C=O) groups excluding carboxylic acids is 5. The molecule has 20 nitrogen and oxygen atoms in total. The second-order valence-electron chi connectivity index (χ2n) is 23.3. The molecule has 85 heavy (non-hydrogen) atoms. The molecule has 0 radical (unpaired) electrons. The largest absolute Gasteiger partial charge is 0.495 e. The minimum absolute atomic E-state index is 0.00510. The Morgan fingerprint density at radius 3 is 1.34 bits per heavy atom. The van der Waals surface area contributed by atoms with E-state index in [4.69, 9.17) is 24.7 Å². The standard InChI is InChI=1S/C25H32N2O3.C14H18N2O4.C14H20N2O2.C12H13NO4/c1-16(2)27-21-15-22(30-6)20(14-18(21)8-7-9-23(27)28)26-24(29)17-10-12-19(13-11-17)25(3,4)5;1-9(2)15-11-8-13(20-3)12(16(18)19)7-10(11)5-4-6-14(15)17;1-9(2)16-12-8-13(18-3)11(15)7-10(12)5-4-6-14(16)17;1-17-12-7-9-5-10(14)4-2-3-8(9)6-11(12)13(15)16/h10-16H,7-9H2,1-6H3,(H,26,29);7-9H,4-6H2,1-3H3;7-9H,4-6,15H2,1-3H3;6-7H,2-5H2,1H3. The second kappa shape index (κ2) is 28.8. The number of Topliss-reactive ketones (excluding diaryl/α,β-unsaturated/α-hetero) is 1. The fraction of sp³-hybridized carbons (Fsp3) is 0.462. The second-order valence-corrected chi connectivity index (χ2v) is 23.3. The quantitative estimate of drug-likeness (QED) is 0.0540. The lowest BCUT2D eigenvalue weighted by Crippen LogP contribution is -2.36. The summed E-state index contributed by atoms with van der Waals surface area (Å²) in [7, 11) is 5.96. The normalized spacial score (nSPS) is 14.9. The zero-order valence-corrected chi connectivity index (χ0v) is 51.5. The number of amides is 4. The lowest BCUT2D eigenvalue weighted by molar-refractivity contribution is -0.385. The number of benzene rings is 5. The zero-order chi connectivity index (χ0) is 62.6. The van der Waals surface area contributed by atoms with Gasteiger partial charge in [0.1, 0.15) is 17.3 Å². The van der Waals surface area contributed by atoms with Crippen molar-refractivity contribution >= 4 is 69.2 Å². The molecule has 0 saturated heterocycles. The molecule has 0 fully saturated rings. The number of methoxy groups -OCH3 is 4. The first-order chi connectivity index (χ1) is 40.2. The van der Waals surface area contributed by atoms with Crippen LogP contribution in [-0.2, 0) is 56.7 Å². The number of nitrogen functional groups attached to an aromatic ring is 1. The maximum atomic E-state index is 12.9. The van der Waals surface area contributed by atoms with Gasteiger partial charge < -0.3 is 44.7 Å². The van der Waals surface area contributed by atoms with Crippen molar-refractivity contribution in [1.82, 2.24) is 0 Å². The SMILES string of the molecule is COc1cc2c(cc1N)CCCC(=O)N2C(C)C.COc1cc2c(cc1NC(=O)c1ccc(C(C)(C)C)cc1)CCCC(=O)N2C(C)C.COc1cc2c(cc1[N+](=O)[O-])CCCC(=O)C2.COc1cc2c(cc1[N+](=O)[O-])CCCC(=O)N2C(C)C. The molecule has 456 valence electrons. The molecule has 0 spiro atoms. The van der Waals surface area contributed by atoms with Crippen molar-refractivity contribution in [1.29, 1.82) is 0 Å². The first-order valence-corrected chi connectivity index (χ1v) is 29.0. The van der Waals surface area contributed by atoms with Crippen LogP contribution in [0.5, 0.6) is 23.0 Å². The summed E-state index contributed by atoms with van der Waals surface area (Å²) in [6, 6.07) is 21.8. The molecule has 4 amide bonds. The van der Waals surface area contributed by atoms with Gasteiger partial charge in [0, 0.05) is 86.1 Å². The summed E-state index contributed by atoms with van der Waals surface area (Å²) in [5.41, 5.74) is 16.2. The highest BCUT2D eigenvalue weighted by Crippen LogP contribution is 2.41. The number of fused-ring (bicyclic) bond motifs is 4. The van der Waals surface area contributed by atoms with Crippen LogP contribution < -0.4 is 44.7 Å². The number of nitro benzene ring substituents is 2. The fourth-order valence-electron chi connectivity index (χ4n) is 11.1. The minimum atomic E-state index is -0.453. The van der Waals surface area contributed by atoms with Crippen molar-refractivity contribution < 1.29 is 52.8 Å². The Kier molecular flexibility index (Phi) is 22.2. The van der Waals surface area contributed by atoms with Gasteiger partial charge in [-0.25, -0.2) is 0 Å². The predicted octanol–water partition coefficient (Wildman–Crippen LogP) is 12.4. The molecule has 0 bridgehead atoms. The van der Waals surface area contributed by atoms with E-state index < -0.39 is 9.85 Å². The minimum Gasteiger partial charge on any atom is -0.495 e. The smallest absolute Gasteiger partial charge is 0.311 e. The summed E-state index contributed by atoms with van der Waals surface area (Å²) >= 11 is 0. The molecule has 20 heteroatoms. The number of hydrogen-bond acceptors (Lipinski definition) is 14. The molecule has 1 aliphatic carbocycles. The maximum Gasteiger partial charge on any atom is 0.311 e. The van der Waals surface area contributed by atoms with E-state index in [1.807, 2.05) is 99.9 Å². The van der Waals surface area contributed by atoms with E-state index in [9.17, 15) is 44.2 Å². The third kappa shape index (κ3) is 16.0. The lowest BCUT2D eigenvalue weighted by Gasteiger charge is -2.28. The number of carbonyl (C=O) groups is 5. The molecule has 0 aromatic heterocycles. The fourth-order valence-corrected chi connectivity index (χ4v) is 11.1. The zero-order valence-electron chi connectivity index (χ0n) is 51.5. The molecule has 3 heterocycles. The van der Waals surface area contributed by atoms with Crippen molar-refractivity contribution in [3.05, 3.63) is 132 Å². The number of nitrogens with zero attached hydrogens (tertiary/aromatic N) is 5. The summed E-state index contributed by atoms with van der Waals surface area (Å²) in [6.07, 6.45) is 8.66. The van der Waals surface area contributed by atoms with Crippen molar-refractivity contribution in [2.45, 2.75) is 169 Å². The van der Waals surface area contributed by atoms with Gasteiger partial charge in [0.2, 0.25) is 17.7 Å². The Bertz CT molecular complexity index is 3290. The number of nitrogens with one attached hydrogen (secondary N) is 1. The van der Waals surface area contributed by atoms with Crippen molar-refractivity contribution in [2.75, 3.05) is 54.2 Å². The first-order valence-electron chi connectivity index (χ1n) is 29.0. The molecule has 3 N–H and O–H groups in total. The maximum absolute atomic E-state index is 12.9. The van der Waals surface area contributed by atoms with Gasteiger partial charge in [0.25, 0.3) is 5.91 Å². The van der Waals surface area contributed by atoms with Crippen LogP contribution in [-0.4, -0.2) is 85.8 Å². The number of rotatable bonds is 11. The third-order valence-corrected chi connectivity index (χ3v) is 15.3. The molecule has 5 aromatic rings. The topological polar surface area (TPSA) is 256 Å². The number of nitro groups is 2. The van der Waals surface area contributed by atoms with Gasteiger partial charge in [0.15, 0.2) is 11.5 Å². The Morgan fingerprint density at radius 1 is 0.518 bits per heavy atom. The molecular formula is C65H83N7O13. The Labute approximate surface area is 498 Å². The molecular weight excluding hydrogens is 1090 g/mol. The van der Waals surface area contributed by atoms with E-state index in [2.05, 4.69) is 26.1 Å². The van der Waals surface area contributed by atoms with Crippen LogP contribution in [0.2, 0.25) is 0 Å². The van der Waals surface area contributed by atoms with Crippen molar-refractivity contribution in [3.8, 4) is 23.0 Å². The van der Waals surface area contributed by atoms with Gasteiger partial charge >= 0.3 is 11.4 Å². The number of ketones is 1. The number of nitrogens with two attached hydrogens (primary N) is 1. The summed E-state index contributed by atoms with van der Waals surface area (Å²) in [5, 5.41) is 24.9. The lowest BCUT2D eigenvalue weighted by atomic mass is 9.87. The molecule has 0 saturated carbocycles. The van der Waals surface area contributed by atoms with E-state index in [1.54, 1.807) is 31.3 Å². The number of hydrogen-bond donors (Lipinski definition) is 2. The number of ether oxygens (including phenoxy) is 4. The summed E-state index contributed by atoms with van der Waals surface area (Å²) in [6.45, 7) is 18.4.